The van der Waals surface area contributed by atoms with E-state index in [1.165, 1.54) is 50.2 Å². The molecule has 0 aliphatic carbocycles. The molecule has 0 aliphatic rings. The van der Waals surface area contributed by atoms with Crippen LogP contribution in [0.4, 0.5) is 0 Å². The Hall–Kier alpha value is 3.35. The molecule has 24 heteroatoms. The van der Waals surface area contributed by atoms with Crippen molar-refractivity contribution in [2.75, 3.05) is 0 Å². The molecule has 6 N–H and O–H groups in total. The van der Waals surface area contributed by atoms with Gasteiger partial charge in [-0.2, -0.15) is 0 Å². The Bertz CT molecular complexity index is 1920. The quantitative estimate of drug-likeness (QED) is 0.0140. The van der Waals surface area contributed by atoms with Crippen LogP contribution in [-0.2, 0) is 46.9 Å². The maximum atomic E-state index is 11.1. The van der Waals surface area contributed by atoms with E-state index in [0.717, 1.165) is 77.0 Å². The van der Waals surface area contributed by atoms with Crippen LogP contribution < -0.4 is 154 Å². The van der Waals surface area contributed by atoms with Crippen LogP contribution in [0.25, 0.3) is 0 Å². The van der Waals surface area contributed by atoms with E-state index < -0.39 is 71.0 Å². The van der Waals surface area contributed by atoms with Crippen molar-refractivity contribution in [1.82, 2.24) is 0 Å². The van der Waals surface area contributed by atoms with Gasteiger partial charge in [0.25, 0.3) is 0 Å². The summed E-state index contributed by atoms with van der Waals surface area (Å²) < 4.78 is 98.5. The van der Waals surface area contributed by atoms with Crippen molar-refractivity contribution in [3.63, 3.8) is 0 Å². The fourth-order valence-electron chi connectivity index (χ4n) is 7.07. The van der Waals surface area contributed by atoms with Gasteiger partial charge in [-0.3, -0.25) is 26.3 Å². The van der Waals surface area contributed by atoms with E-state index >= 15 is 0 Å². The minimum absolute atomic E-state index is 0. The van der Waals surface area contributed by atoms with Crippen LogP contribution >= 0.6 is 22.8 Å². The van der Waals surface area contributed by atoms with Gasteiger partial charge < -0.3 is 43.0 Å². The second-order valence-electron chi connectivity index (χ2n) is 20.1. The van der Waals surface area contributed by atoms with Crippen molar-refractivity contribution in [2.24, 2.45) is 0 Å². The Balaban J connectivity index is -0.000000245. The van der Waals surface area contributed by atoms with Crippen LogP contribution in [-0.4, -0.2) is 70.6 Å². The molecule has 0 fully saturated rings. The number of unbranched alkanes of at least 4 members (excludes halogenated alkanes) is 3. The molecule has 438 valence electrons. The van der Waals surface area contributed by atoms with E-state index in [-0.39, 0.29) is 173 Å². The molecular formula is C54H96K3O15P3S3. The smallest absolute Gasteiger partial charge is 0.772 e. The molecule has 0 heterocycles. The van der Waals surface area contributed by atoms with Crippen molar-refractivity contribution in [2.45, 2.75) is 233 Å². The first-order valence-electron chi connectivity index (χ1n) is 25.8. The van der Waals surface area contributed by atoms with E-state index in [1.54, 1.807) is 0 Å². The Labute approximate surface area is 607 Å². The second-order valence-corrected chi connectivity index (χ2v) is 29.8. The van der Waals surface area contributed by atoms with Crippen LogP contribution in [0.1, 0.15) is 218 Å². The zero-order valence-corrected chi connectivity index (χ0v) is 64.7. The number of hydrogen-bond donors (Lipinski definition) is 6. The minimum atomic E-state index is -4.59. The van der Waals surface area contributed by atoms with E-state index in [9.17, 15) is 40.0 Å². The molecule has 0 aromatic rings. The predicted molar refractivity (Wildman–Crippen MR) is 312 cm³/mol. The van der Waals surface area contributed by atoms with Crippen molar-refractivity contribution >= 4 is 56.0 Å². The van der Waals surface area contributed by atoms with E-state index in [0.29, 0.717) is 38.5 Å². The van der Waals surface area contributed by atoms with Gasteiger partial charge in [0.15, 0.2) is 0 Å². The summed E-state index contributed by atoms with van der Waals surface area (Å²) in [4.78, 5) is 49.3. The third kappa shape index (κ3) is 59.7. The third-order valence-corrected chi connectivity index (χ3v) is 20.7. The molecule has 0 aromatic carbocycles. The molecule has 0 saturated heterocycles. The van der Waals surface area contributed by atoms with Gasteiger partial charge in [0.2, 0.25) is 0 Å². The van der Waals surface area contributed by atoms with Crippen LogP contribution in [0.5, 0.6) is 0 Å². The topological polar surface area (TPSA) is 293 Å². The molecule has 0 bridgehead atoms. The molecule has 0 saturated carbocycles. The monoisotopic (exact) mass is 1290 g/mol. The van der Waals surface area contributed by atoms with Gasteiger partial charge in [-0.25, -0.2) is 0 Å². The van der Waals surface area contributed by atoms with E-state index in [2.05, 4.69) is 98.8 Å². The summed E-state index contributed by atoms with van der Waals surface area (Å²) in [6, 6.07) is 0. The molecular weight excluding hydrogens is 1190 g/mol. The van der Waals surface area contributed by atoms with Crippen LogP contribution in [0, 0.1) is 0 Å². The van der Waals surface area contributed by atoms with Crippen LogP contribution in [0.2, 0.25) is 0 Å². The molecule has 0 rings (SSSR count). The van der Waals surface area contributed by atoms with Gasteiger partial charge >= 0.3 is 177 Å². The van der Waals surface area contributed by atoms with E-state index in [1.807, 2.05) is 39.0 Å². The summed E-state index contributed by atoms with van der Waals surface area (Å²) in [6.45, 7) is 25.1. The maximum absolute atomic E-state index is 11.1. The molecule has 0 amide bonds. The van der Waals surface area contributed by atoms with Crippen molar-refractivity contribution in [1.29, 1.82) is 0 Å². The standard InChI is InChI=1S/3C18H33O5PS.3K/c3*1-15(2)9-7-11-17(4)13-8-12-16(3)10-5-6-14-18(25(22)23)24(19,20)21;;;/h3*9-10,13,18H,5-8,11-12,14H2,1-4H3,(H,22,23)(H2,19,20,21);;;/q;;;3*+1/p-3/b3*16-10+,17-13+;;;. The van der Waals surface area contributed by atoms with Crippen molar-refractivity contribution < 1.29 is 223 Å². The molecule has 15 nitrogen and oxygen atoms in total. The van der Waals surface area contributed by atoms with Crippen molar-refractivity contribution in [3.8, 4) is 0 Å². The molecule has 6 atom stereocenters. The maximum Gasteiger partial charge on any atom is 1.00 e. The summed E-state index contributed by atoms with van der Waals surface area (Å²) in [5.74, 6) is 0. The number of allylic oxidation sites excluding steroid dienone is 18. The first-order chi connectivity index (χ1) is 34.6. The Kier molecular flexibility index (Phi) is 64.6. The Morgan fingerprint density at radius 2 is 0.487 bits per heavy atom. The van der Waals surface area contributed by atoms with E-state index in [4.69, 9.17) is 29.4 Å². The SMILES string of the molecule is CC(C)=CCC/C(C)=C/CC/C(C)=C/CCCC(S(=O)[O-])P(=O)(O)O.CC(C)=CCC/C(C)=C/CC/C(C)=C/CCCC(S(=O)[O-])P(=O)(O)O.CC(C)=CCC/C(C)=C/CC/C(C)=C/CCCC(S(=O)[O-])P(=O)(O)O.[K+].[K+].[K+]. The first kappa shape index (κ1) is 92.5. The normalized spacial score (nSPS) is 15.2. The first-order valence-corrected chi connectivity index (χ1v) is 34.3. The predicted octanol–water partition coefficient (Wildman–Crippen LogP) is 5.89. The largest absolute Gasteiger partial charge is 1.00 e. The van der Waals surface area contributed by atoms with Crippen LogP contribution in [0.15, 0.2) is 105 Å². The van der Waals surface area contributed by atoms with Gasteiger partial charge in [0.05, 0.1) is 0 Å². The number of rotatable bonds is 36. The van der Waals surface area contributed by atoms with Gasteiger partial charge in [0, 0.05) is 0 Å². The fourth-order valence-corrected chi connectivity index (χ4v) is 12.4. The van der Waals surface area contributed by atoms with Crippen molar-refractivity contribution in [3.05, 3.63) is 105 Å². The minimum Gasteiger partial charge on any atom is -0.772 e. The molecule has 0 aliphatic heterocycles. The average molecular weight is 1290 g/mol. The molecule has 0 spiro atoms. The zero-order valence-electron chi connectivity index (χ0n) is 50.2. The van der Waals surface area contributed by atoms with Crippen LogP contribution in [0.3, 0.4) is 0 Å². The summed E-state index contributed by atoms with van der Waals surface area (Å²) in [6.07, 6.45) is 34.9. The molecule has 6 unspecified atom stereocenters. The summed E-state index contributed by atoms with van der Waals surface area (Å²) >= 11 is -8.25. The average Bonchev–Trinajstić information content (AvgIpc) is 3.24. The summed E-state index contributed by atoms with van der Waals surface area (Å²) in [5, 5.41) is 0. The fraction of sp³-hybridized carbons (Fsp3) is 0.667. The third-order valence-electron chi connectivity index (χ3n) is 11.6. The van der Waals surface area contributed by atoms with Gasteiger partial charge in [0.1, 0.15) is 15.0 Å². The second kappa shape index (κ2) is 54.5. The molecule has 78 heavy (non-hydrogen) atoms. The molecule has 0 radical (unpaired) electrons. The van der Waals surface area contributed by atoms with Gasteiger partial charge in [-0.1, -0.05) is 105 Å². The Morgan fingerprint density at radius 1 is 0.333 bits per heavy atom. The molecule has 0 aromatic heterocycles. The summed E-state index contributed by atoms with van der Waals surface area (Å²) in [7, 11) is -13.8. The summed E-state index contributed by atoms with van der Waals surface area (Å²) in [5.41, 5.74) is 11.8. The number of hydrogen-bond acceptors (Lipinski definition) is 9. The van der Waals surface area contributed by atoms with Gasteiger partial charge in [-0.05, 0) is 251 Å². The zero-order chi connectivity index (χ0) is 58.4. The Morgan fingerprint density at radius 3 is 0.628 bits per heavy atom. The van der Waals surface area contributed by atoms with Gasteiger partial charge in [-0.15, -0.1) is 0 Å².